The smallest absolute Gasteiger partial charge is 0.421 e. The minimum atomic E-state index is -4.62. The number of hydrogen-bond acceptors (Lipinski definition) is 8. The lowest BCUT2D eigenvalue weighted by Gasteiger charge is -2.15. The second-order valence-corrected chi connectivity index (χ2v) is 10.6. The summed E-state index contributed by atoms with van der Waals surface area (Å²) in [7, 11) is -2.53. The number of ether oxygens (including phenoxy) is 4. The summed E-state index contributed by atoms with van der Waals surface area (Å²) in [4.78, 5) is 15.6. The SMILES string of the molecule is COCCOc1ccc(CCCOC(=O)NS(=O)(=O)NCCC(C)C)c(Oc2ncc(C(F)(F)F)cc2Cl)c1. The predicted molar refractivity (Wildman–Crippen MR) is 137 cm³/mol. The Morgan fingerprint density at radius 3 is 2.54 bits per heavy atom. The molecule has 0 saturated heterocycles. The first-order valence-electron chi connectivity index (χ1n) is 11.9. The summed E-state index contributed by atoms with van der Waals surface area (Å²) in [5.74, 6) is 0.649. The molecule has 2 rings (SSSR count). The Balaban J connectivity index is 2.04. The quantitative estimate of drug-likeness (QED) is 0.271. The number of rotatable bonds is 15. The number of aryl methyl sites for hydroxylation is 1. The Kier molecular flexibility index (Phi) is 12.5. The number of amides is 1. The summed E-state index contributed by atoms with van der Waals surface area (Å²) in [6.45, 7) is 4.48. The van der Waals surface area contributed by atoms with Crippen molar-refractivity contribution in [3.63, 3.8) is 0 Å². The van der Waals surface area contributed by atoms with E-state index < -0.39 is 28.0 Å². The van der Waals surface area contributed by atoms with E-state index in [0.717, 1.165) is 0 Å². The number of aromatic nitrogens is 1. The molecular formula is C24H31ClF3N3O7S. The molecule has 10 nitrogen and oxygen atoms in total. The molecule has 1 amide bonds. The van der Waals surface area contributed by atoms with E-state index in [1.807, 2.05) is 13.8 Å². The highest BCUT2D eigenvalue weighted by Crippen LogP contribution is 2.36. The van der Waals surface area contributed by atoms with Gasteiger partial charge in [-0.2, -0.15) is 26.3 Å². The molecule has 0 saturated carbocycles. The van der Waals surface area contributed by atoms with Crippen molar-refractivity contribution in [1.29, 1.82) is 0 Å². The van der Waals surface area contributed by atoms with Crippen molar-refractivity contribution in [3.8, 4) is 17.4 Å². The van der Waals surface area contributed by atoms with E-state index in [-0.39, 0.29) is 48.7 Å². The molecule has 0 aliphatic rings. The molecule has 2 aromatic rings. The lowest BCUT2D eigenvalue weighted by Crippen LogP contribution is -2.41. The van der Waals surface area contributed by atoms with Gasteiger partial charge in [-0.1, -0.05) is 31.5 Å². The summed E-state index contributed by atoms with van der Waals surface area (Å²) < 4.78 is 87.8. The van der Waals surface area contributed by atoms with Gasteiger partial charge in [0.15, 0.2) is 0 Å². The van der Waals surface area contributed by atoms with Crippen LogP contribution in [0.15, 0.2) is 30.5 Å². The molecule has 0 radical (unpaired) electrons. The van der Waals surface area contributed by atoms with Gasteiger partial charge in [0.2, 0.25) is 5.88 Å². The van der Waals surface area contributed by atoms with E-state index in [9.17, 15) is 26.4 Å². The average molecular weight is 598 g/mol. The molecule has 0 aliphatic carbocycles. The maximum Gasteiger partial charge on any atom is 0.421 e. The van der Waals surface area contributed by atoms with Gasteiger partial charge in [0.25, 0.3) is 0 Å². The van der Waals surface area contributed by atoms with Crippen molar-refractivity contribution >= 4 is 27.9 Å². The third kappa shape index (κ3) is 11.9. The molecule has 39 heavy (non-hydrogen) atoms. The van der Waals surface area contributed by atoms with Gasteiger partial charge in [-0.3, -0.25) is 0 Å². The number of pyridine rings is 1. The Bertz CT molecular complexity index is 1200. The highest BCUT2D eigenvalue weighted by atomic mass is 35.5. The molecule has 1 aromatic heterocycles. The summed E-state index contributed by atoms with van der Waals surface area (Å²) in [5, 5.41) is -0.343. The fourth-order valence-corrected chi connectivity index (χ4v) is 3.96. The monoisotopic (exact) mass is 597 g/mol. The highest BCUT2D eigenvalue weighted by Gasteiger charge is 2.32. The van der Waals surface area contributed by atoms with Gasteiger partial charge in [0, 0.05) is 25.9 Å². The van der Waals surface area contributed by atoms with Crippen LogP contribution in [0.1, 0.15) is 37.8 Å². The number of carbonyl (C=O) groups excluding carboxylic acids is 1. The third-order valence-corrected chi connectivity index (χ3v) is 6.28. The van der Waals surface area contributed by atoms with Crippen molar-refractivity contribution in [2.45, 2.75) is 39.3 Å². The predicted octanol–water partition coefficient (Wildman–Crippen LogP) is 5.11. The first-order valence-corrected chi connectivity index (χ1v) is 13.8. The molecule has 2 N–H and O–H groups in total. The number of methoxy groups -OCH3 is 1. The zero-order chi connectivity index (χ0) is 29.1. The fourth-order valence-electron chi connectivity index (χ4n) is 3.01. The molecular weight excluding hydrogens is 567 g/mol. The van der Waals surface area contributed by atoms with E-state index in [1.165, 1.54) is 13.2 Å². The topological polar surface area (TPSA) is 125 Å². The normalized spacial score (nSPS) is 11.9. The van der Waals surface area contributed by atoms with Crippen molar-refractivity contribution in [1.82, 2.24) is 14.4 Å². The third-order valence-electron chi connectivity index (χ3n) is 4.99. The van der Waals surface area contributed by atoms with Gasteiger partial charge in [-0.25, -0.2) is 14.5 Å². The van der Waals surface area contributed by atoms with E-state index >= 15 is 0 Å². The van der Waals surface area contributed by atoms with Crippen LogP contribution in [0.5, 0.6) is 17.4 Å². The van der Waals surface area contributed by atoms with Crippen LogP contribution in [0.2, 0.25) is 5.02 Å². The second-order valence-electron chi connectivity index (χ2n) is 8.64. The minimum Gasteiger partial charge on any atom is -0.491 e. The minimum absolute atomic E-state index is 0.127. The van der Waals surface area contributed by atoms with Crippen LogP contribution in [-0.4, -0.2) is 53.0 Å². The number of alkyl halides is 3. The van der Waals surface area contributed by atoms with E-state index in [2.05, 4.69) is 9.71 Å². The van der Waals surface area contributed by atoms with Gasteiger partial charge < -0.3 is 18.9 Å². The van der Waals surface area contributed by atoms with E-state index in [1.54, 1.807) is 16.9 Å². The van der Waals surface area contributed by atoms with Crippen molar-refractivity contribution in [2.75, 3.05) is 33.5 Å². The maximum absolute atomic E-state index is 13.0. The zero-order valence-electron chi connectivity index (χ0n) is 21.6. The van der Waals surface area contributed by atoms with Crippen LogP contribution in [0.4, 0.5) is 18.0 Å². The van der Waals surface area contributed by atoms with Crippen molar-refractivity contribution < 1.29 is 45.3 Å². The van der Waals surface area contributed by atoms with E-state index in [0.29, 0.717) is 43.0 Å². The molecule has 0 atom stereocenters. The molecule has 1 aromatic carbocycles. The van der Waals surface area contributed by atoms with Crippen LogP contribution in [-0.2, 0) is 32.3 Å². The Labute approximate surface area is 230 Å². The van der Waals surface area contributed by atoms with Gasteiger partial charge in [0.1, 0.15) is 23.1 Å². The van der Waals surface area contributed by atoms with Gasteiger partial charge >= 0.3 is 22.5 Å². The highest BCUT2D eigenvalue weighted by molar-refractivity contribution is 7.88. The van der Waals surface area contributed by atoms with Crippen LogP contribution in [0.3, 0.4) is 0 Å². The number of nitrogens with zero attached hydrogens (tertiary/aromatic N) is 1. The summed E-state index contributed by atoms with van der Waals surface area (Å²) in [6.07, 6.45) is -3.99. The lowest BCUT2D eigenvalue weighted by molar-refractivity contribution is -0.137. The molecule has 0 aliphatic heterocycles. The van der Waals surface area contributed by atoms with Crippen molar-refractivity contribution in [3.05, 3.63) is 46.6 Å². The first kappa shape index (κ1) is 32.4. The van der Waals surface area contributed by atoms with Crippen LogP contribution < -0.4 is 18.9 Å². The molecule has 0 bridgehead atoms. The Hall–Kier alpha value is -2.81. The average Bonchev–Trinajstić information content (AvgIpc) is 2.83. The first-order chi connectivity index (χ1) is 18.3. The summed E-state index contributed by atoms with van der Waals surface area (Å²) in [5.41, 5.74) is -0.442. The zero-order valence-corrected chi connectivity index (χ0v) is 23.2. The fraction of sp³-hybridized carbons (Fsp3) is 0.500. The van der Waals surface area contributed by atoms with Crippen LogP contribution in [0.25, 0.3) is 0 Å². The van der Waals surface area contributed by atoms with Gasteiger partial charge in [-0.15, -0.1) is 0 Å². The molecule has 218 valence electrons. The van der Waals surface area contributed by atoms with Crippen LogP contribution in [0, 0.1) is 5.92 Å². The number of halogens is 4. The second kappa shape index (κ2) is 15.1. The molecule has 0 fully saturated rings. The Morgan fingerprint density at radius 1 is 1.15 bits per heavy atom. The number of nitrogens with one attached hydrogen (secondary N) is 2. The van der Waals surface area contributed by atoms with E-state index in [4.69, 9.17) is 30.5 Å². The molecule has 1 heterocycles. The number of benzene rings is 1. The van der Waals surface area contributed by atoms with Gasteiger partial charge in [0.05, 0.1) is 18.8 Å². The van der Waals surface area contributed by atoms with Crippen molar-refractivity contribution in [2.24, 2.45) is 5.92 Å². The molecule has 15 heteroatoms. The molecule has 0 spiro atoms. The Morgan fingerprint density at radius 2 is 1.90 bits per heavy atom. The maximum atomic E-state index is 13.0. The summed E-state index contributed by atoms with van der Waals surface area (Å²) >= 11 is 5.99. The standard InChI is InChI=1S/C24H31ClF3N3O7S/c1-16(2)8-9-30-39(33,34)31-23(32)37-10-4-5-17-6-7-19(36-12-11-35-3)14-21(17)38-22-20(25)13-18(15-29-22)24(26,27)28/h6-7,13-16,30H,4-5,8-12H2,1-3H3,(H,31,32). The van der Waals surface area contributed by atoms with Crippen LogP contribution >= 0.6 is 11.6 Å². The molecule has 0 unspecified atom stereocenters. The number of hydrogen-bond donors (Lipinski definition) is 2. The van der Waals surface area contributed by atoms with Gasteiger partial charge in [-0.05, 0) is 42.9 Å². The lowest BCUT2D eigenvalue weighted by atomic mass is 10.1. The number of carbonyl (C=O) groups is 1. The largest absolute Gasteiger partial charge is 0.491 e. The summed E-state index contributed by atoms with van der Waals surface area (Å²) in [6, 6.07) is 5.55.